The molecule has 0 spiro atoms. The standard InChI is InChI=1S/C10H20N2O.C6H13NO2S.C6H9NO.C6H10O.C6H12.C6H10.C5H9ClO.C5H9FO.C5H10O2S/c1-10(2,3)11-9(13)7-6-8-12(4)5;1-5-10(8,9)7-6(2,3)4;1-5(2)6(8)3-4-7;1-4-6(7)5(2)3;2*1-5-6(2,3)4;2*1-4(2)5(7)3-6;1-4-8(6,7)5(2)3/h6-7H,8H2,1-5H3,(H,11,13);5,7H,1H2,2-4H3;5H,3H2,1-2H3;4-5H,1H2,2-3H3;5H,1H2,2-4H3;1H,2-4H3;2*4H,3H2,1-2H3;4-5H,1H2,2-3H3/b7-6+;;;;;;;;. The highest BCUT2D eigenvalue weighted by Crippen LogP contribution is 2.12. The minimum atomic E-state index is -3.26. The summed E-state index contributed by atoms with van der Waals surface area (Å²) in [6, 6.07) is 1.80. The molecule has 0 saturated carbocycles. The molecule has 0 radical (unpaired) electrons. The van der Waals surface area contributed by atoms with E-state index in [9.17, 15) is 45.2 Å². The van der Waals surface area contributed by atoms with Gasteiger partial charge >= 0.3 is 0 Å². The Kier molecular flexibility index (Phi) is 56.9. The third kappa shape index (κ3) is 88.9. The van der Waals surface area contributed by atoms with Crippen LogP contribution < -0.4 is 10.0 Å². The van der Waals surface area contributed by atoms with Gasteiger partial charge in [-0.2, -0.15) is 5.26 Å². The van der Waals surface area contributed by atoms with Gasteiger partial charge in [-0.15, -0.1) is 30.5 Å². The molecular weight excluding hydrogens is 979 g/mol. The molecule has 1 amide bonds. The number of amides is 1. The molecule has 0 aliphatic carbocycles. The van der Waals surface area contributed by atoms with Gasteiger partial charge in [-0.05, 0) is 102 Å². The fourth-order valence-electron chi connectivity index (χ4n) is 2.27. The maximum atomic E-state index is 11.3. The van der Waals surface area contributed by atoms with Gasteiger partial charge in [-0.25, -0.2) is 25.9 Å². The van der Waals surface area contributed by atoms with Crippen LogP contribution in [-0.2, 0) is 43.8 Å². The molecule has 0 rings (SSSR count). The highest BCUT2D eigenvalue weighted by Gasteiger charge is 2.16. The molecule has 0 aromatic carbocycles. The summed E-state index contributed by atoms with van der Waals surface area (Å²) in [6.07, 6.45) is 11.8. The molecule has 13 nitrogen and oxygen atoms in total. The first-order valence-corrected chi connectivity index (χ1v) is 27.1. The van der Waals surface area contributed by atoms with Gasteiger partial charge in [-0.3, -0.25) is 24.0 Å². The number of carbonyl (C=O) groups excluding carboxylic acids is 5. The van der Waals surface area contributed by atoms with Crippen LogP contribution >= 0.6 is 11.6 Å². The monoisotopic (exact) mass is 1080 g/mol. The number of likely N-dealkylation sites (N-methyl/N-ethyl adjacent to an activating group) is 1. The fraction of sp³-hybridized carbons (Fsp3) is 0.673. The lowest BCUT2D eigenvalue weighted by Crippen LogP contribution is -2.39. The van der Waals surface area contributed by atoms with E-state index in [1.165, 1.54) is 6.08 Å². The number of terminal acetylenes is 1. The minimum absolute atomic E-state index is 0.00894. The Morgan fingerprint density at radius 2 is 1.07 bits per heavy atom. The second-order valence-corrected chi connectivity index (χ2v) is 25.8. The van der Waals surface area contributed by atoms with Crippen molar-refractivity contribution in [3.8, 4) is 18.4 Å². The number of nitriles is 1. The third-order valence-electron chi connectivity index (χ3n) is 7.06. The van der Waals surface area contributed by atoms with Crippen molar-refractivity contribution >= 4 is 60.5 Å². The van der Waals surface area contributed by atoms with E-state index in [0.29, 0.717) is 5.41 Å². The van der Waals surface area contributed by atoms with Crippen molar-refractivity contribution in [1.82, 2.24) is 14.9 Å². The van der Waals surface area contributed by atoms with E-state index in [1.807, 2.05) is 100 Å². The van der Waals surface area contributed by atoms with Crippen LogP contribution in [0.3, 0.4) is 0 Å². The largest absolute Gasteiger partial charge is 0.348 e. The normalized spacial score (nSPS) is 10.9. The molecule has 72 heavy (non-hydrogen) atoms. The zero-order valence-corrected chi connectivity index (χ0v) is 51.6. The van der Waals surface area contributed by atoms with E-state index in [2.05, 4.69) is 63.0 Å². The number of nitrogens with zero attached hydrogens (tertiary/aromatic N) is 2. The summed E-state index contributed by atoms with van der Waals surface area (Å²) in [5.74, 6) is 2.71. The molecule has 0 bridgehead atoms. The van der Waals surface area contributed by atoms with Crippen molar-refractivity contribution in [2.75, 3.05) is 33.2 Å². The Morgan fingerprint density at radius 3 is 1.17 bits per heavy atom. The van der Waals surface area contributed by atoms with E-state index in [4.69, 9.17) is 23.3 Å². The molecule has 0 aromatic heterocycles. The summed E-state index contributed by atoms with van der Waals surface area (Å²) in [5, 5.41) is 12.4. The SMILES string of the molecule is C#CC(C)(C)C.C=CC(=O)C(C)C.C=CC(C)(C)C.C=CS(=O)(=O)C(C)C.C=CS(=O)(=O)NC(C)(C)C.CC(C)C(=O)CC#N.CC(C)C(=O)CCl.CC(C)C(=O)CF.CN(C)C/C=C/C(=O)NC(C)(C)C. The first-order valence-electron chi connectivity index (χ1n) is 23.4. The molecular formula is C55H102ClFN4O9S2. The molecule has 0 aromatic rings. The van der Waals surface area contributed by atoms with Crippen LogP contribution in [0.2, 0.25) is 0 Å². The first kappa shape index (κ1) is 87.6. The Labute approximate surface area is 446 Å². The average molecular weight is 1080 g/mol. The molecule has 0 atom stereocenters. The van der Waals surface area contributed by atoms with Gasteiger partial charge in [0.05, 0.1) is 23.6 Å². The number of allylic oxidation sites excluding steroid dienone is 2. The summed E-state index contributed by atoms with van der Waals surface area (Å²) in [4.78, 5) is 54.7. The number of rotatable bonds is 15. The number of alkyl halides is 2. The number of carbonyl (C=O) groups is 5. The predicted molar refractivity (Wildman–Crippen MR) is 306 cm³/mol. The molecule has 0 aliphatic heterocycles. The minimum Gasteiger partial charge on any atom is -0.348 e. The smallest absolute Gasteiger partial charge is 0.244 e. The van der Waals surface area contributed by atoms with Crippen molar-refractivity contribution < 1.29 is 45.2 Å². The Balaban J connectivity index is -0.0000000896. The molecule has 0 fully saturated rings. The summed E-state index contributed by atoms with van der Waals surface area (Å²) in [7, 11) is -2.31. The Hall–Kier alpha value is -4.06. The summed E-state index contributed by atoms with van der Waals surface area (Å²) in [5.41, 5.74) is -0.202. The molecule has 17 heteroatoms. The van der Waals surface area contributed by atoms with Crippen molar-refractivity contribution in [1.29, 1.82) is 5.26 Å². The maximum Gasteiger partial charge on any atom is 0.244 e. The van der Waals surface area contributed by atoms with Crippen LogP contribution in [0.5, 0.6) is 0 Å². The van der Waals surface area contributed by atoms with Crippen molar-refractivity contribution in [3.63, 3.8) is 0 Å². The highest BCUT2D eigenvalue weighted by atomic mass is 35.5. The van der Waals surface area contributed by atoms with Gasteiger partial charge in [0, 0.05) is 63.6 Å². The number of Topliss-reactive ketones (excluding diaryl/α,β-unsaturated/α-hetero) is 3. The number of ketones is 4. The van der Waals surface area contributed by atoms with Crippen LogP contribution in [0.25, 0.3) is 0 Å². The zero-order valence-electron chi connectivity index (χ0n) is 49.2. The van der Waals surface area contributed by atoms with E-state index in [0.717, 1.165) is 17.4 Å². The van der Waals surface area contributed by atoms with Crippen molar-refractivity contribution in [2.24, 2.45) is 34.5 Å². The topological polar surface area (TPSA) is 205 Å². The third-order valence-corrected chi connectivity index (χ3v) is 10.4. The van der Waals surface area contributed by atoms with Crippen LogP contribution in [0, 0.1) is 58.2 Å². The zero-order chi connectivity index (χ0) is 60.3. The first-order chi connectivity index (χ1) is 31.9. The fourth-order valence-corrected chi connectivity index (χ4v) is 3.90. The van der Waals surface area contributed by atoms with E-state index in [-0.39, 0.29) is 81.2 Å². The molecule has 0 unspecified atom stereocenters. The van der Waals surface area contributed by atoms with Gasteiger partial charge in [0.1, 0.15) is 18.2 Å². The number of halogens is 2. The lowest BCUT2D eigenvalue weighted by molar-refractivity contribution is -0.123. The van der Waals surface area contributed by atoms with Gasteiger partial charge in [0.25, 0.3) is 0 Å². The van der Waals surface area contributed by atoms with Crippen LogP contribution in [0.1, 0.15) is 159 Å². The molecule has 422 valence electrons. The van der Waals surface area contributed by atoms with Gasteiger partial charge in [0.2, 0.25) is 15.9 Å². The number of nitrogens with one attached hydrogen (secondary N) is 2. The molecule has 0 heterocycles. The van der Waals surface area contributed by atoms with Crippen molar-refractivity contribution in [2.45, 2.75) is 175 Å². The van der Waals surface area contributed by atoms with Crippen LogP contribution in [0.4, 0.5) is 4.39 Å². The number of sulfone groups is 1. The highest BCUT2D eigenvalue weighted by molar-refractivity contribution is 7.94. The van der Waals surface area contributed by atoms with Crippen molar-refractivity contribution in [3.05, 3.63) is 61.4 Å². The Morgan fingerprint density at radius 1 is 0.694 bits per heavy atom. The summed E-state index contributed by atoms with van der Waals surface area (Å²) >= 11 is 5.20. The molecule has 0 aliphatic rings. The van der Waals surface area contributed by atoms with Gasteiger partial charge in [-0.1, -0.05) is 108 Å². The number of sulfonamides is 1. The summed E-state index contributed by atoms with van der Waals surface area (Å²) < 4.78 is 56.4. The quantitative estimate of drug-likeness (QED) is 0.0683. The van der Waals surface area contributed by atoms with Gasteiger partial charge in [0.15, 0.2) is 21.4 Å². The van der Waals surface area contributed by atoms with E-state index in [1.54, 1.807) is 74.5 Å². The average Bonchev–Trinajstić information content (AvgIpc) is 3.22. The number of hydrogen-bond donors (Lipinski definition) is 2. The maximum absolute atomic E-state index is 11.3. The predicted octanol–water partition coefficient (Wildman–Crippen LogP) is 11.9. The lowest BCUT2D eigenvalue weighted by atomic mass is 9.98. The van der Waals surface area contributed by atoms with Gasteiger partial charge < -0.3 is 10.2 Å². The van der Waals surface area contributed by atoms with E-state index >= 15 is 0 Å². The second kappa shape index (κ2) is 46.7. The number of hydrogen-bond acceptors (Lipinski definition) is 11. The van der Waals surface area contributed by atoms with E-state index < -0.39 is 32.1 Å². The molecule has 2 N–H and O–H groups in total. The summed E-state index contributed by atoms with van der Waals surface area (Å²) in [6.45, 7) is 54.4. The van der Waals surface area contributed by atoms with Crippen LogP contribution in [0.15, 0.2) is 61.4 Å². The molecule has 0 saturated heterocycles. The second-order valence-electron chi connectivity index (χ2n) is 21.5. The van der Waals surface area contributed by atoms with Crippen LogP contribution in [-0.4, -0.2) is 100 Å². The lowest BCUT2D eigenvalue weighted by Gasteiger charge is -2.19. The Bertz CT molecular complexity index is 1860.